The van der Waals surface area contributed by atoms with Crippen LogP contribution in [0.25, 0.3) is 0 Å². The Morgan fingerprint density at radius 2 is 2.50 bits per heavy atom. The van der Waals surface area contributed by atoms with Crippen LogP contribution in [-0.2, 0) is 4.74 Å². The molecule has 0 fully saturated rings. The topological polar surface area (TPSA) is 42.1 Å². The average Bonchev–Trinajstić information content (AvgIpc) is 2.47. The van der Waals surface area contributed by atoms with Crippen molar-refractivity contribution in [2.75, 3.05) is 6.61 Å². The summed E-state index contributed by atoms with van der Waals surface area (Å²) >= 11 is 3.23. The summed E-state index contributed by atoms with van der Waals surface area (Å²) in [5.74, 6) is -0.303. The number of halogens is 1. The summed E-state index contributed by atoms with van der Waals surface area (Å²) in [4.78, 5) is 13.9. The lowest BCUT2D eigenvalue weighted by molar-refractivity contribution is 0.0499. The highest BCUT2D eigenvalue weighted by atomic mass is 79.9. The lowest BCUT2D eigenvalue weighted by Crippen LogP contribution is -2.05. The van der Waals surface area contributed by atoms with E-state index in [1.807, 2.05) is 6.92 Å². The van der Waals surface area contributed by atoms with Gasteiger partial charge in [0.1, 0.15) is 5.69 Å². The van der Waals surface area contributed by atoms with Crippen molar-refractivity contribution in [2.24, 2.45) is 0 Å². The van der Waals surface area contributed by atoms with E-state index >= 15 is 0 Å². The van der Waals surface area contributed by atoms with Crippen molar-refractivity contribution in [1.29, 1.82) is 0 Å². The summed E-state index contributed by atoms with van der Waals surface area (Å²) in [6.45, 7) is 2.42. The molecule has 1 heterocycles. The van der Waals surface area contributed by atoms with E-state index in [1.165, 1.54) is 0 Å². The Morgan fingerprint density at radius 1 is 1.75 bits per heavy atom. The molecule has 0 amide bonds. The second-order valence-corrected chi connectivity index (χ2v) is 3.28. The Bertz CT molecular complexity index is 270. The fraction of sp³-hybridized carbons (Fsp3) is 0.375. The number of rotatable bonds is 3. The number of ether oxygens (including phenoxy) is 1. The molecule has 0 saturated carbocycles. The minimum Gasteiger partial charge on any atom is -0.461 e. The summed E-state index contributed by atoms with van der Waals surface area (Å²) in [5, 5.41) is 0. The van der Waals surface area contributed by atoms with Crippen molar-refractivity contribution in [2.45, 2.75) is 13.3 Å². The molecule has 3 nitrogen and oxygen atoms in total. The van der Waals surface area contributed by atoms with E-state index in [-0.39, 0.29) is 5.97 Å². The number of aromatic amines is 1. The molecule has 0 aliphatic rings. The van der Waals surface area contributed by atoms with Gasteiger partial charge in [0.2, 0.25) is 0 Å². The number of carbonyl (C=O) groups excluding carboxylic acids is 1. The zero-order valence-corrected chi connectivity index (χ0v) is 8.35. The summed E-state index contributed by atoms with van der Waals surface area (Å²) in [7, 11) is 0. The van der Waals surface area contributed by atoms with Gasteiger partial charge in [-0.25, -0.2) is 4.79 Å². The molecule has 0 atom stereocenters. The SMILES string of the molecule is CCCOC(=O)c1cc(Br)c[nH]1. The van der Waals surface area contributed by atoms with E-state index in [4.69, 9.17) is 4.74 Å². The van der Waals surface area contributed by atoms with Crippen LogP contribution in [0, 0.1) is 0 Å². The van der Waals surface area contributed by atoms with Gasteiger partial charge >= 0.3 is 5.97 Å². The van der Waals surface area contributed by atoms with Gasteiger partial charge in [-0.1, -0.05) is 6.92 Å². The number of H-pyrrole nitrogens is 1. The maximum absolute atomic E-state index is 11.1. The molecular formula is C8H10BrNO2. The summed E-state index contributed by atoms with van der Waals surface area (Å²) in [6, 6.07) is 1.69. The van der Waals surface area contributed by atoms with E-state index < -0.39 is 0 Å². The van der Waals surface area contributed by atoms with E-state index in [0.29, 0.717) is 12.3 Å². The lowest BCUT2D eigenvalue weighted by Gasteiger charge is -1.98. The molecule has 66 valence electrons. The molecule has 1 aromatic heterocycles. The van der Waals surface area contributed by atoms with Gasteiger partial charge in [0, 0.05) is 10.7 Å². The number of aromatic nitrogens is 1. The quantitative estimate of drug-likeness (QED) is 0.812. The smallest absolute Gasteiger partial charge is 0.354 e. The third-order valence-electron chi connectivity index (χ3n) is 1.30. The first kappa shape index (κ1) is 9.32. The van der Waals surface area contributed by atoms with Gasteiger partial charge in [-0.2, -0.15) is 0 Å². The monoisotopic (exact) mass is 231 g/mol. The summed E-state index contributed by atoms with van der Waals surface area (Å²) in [5.41, 5.74) is 0.482. The van der Waals surface area contributed by atoms with Crippen LogP contribution in [0.15, 0.2) is 16.7 Å². The molecule has 0 spiro atoms. The number of esters is 1. The standard InChI is InChI=1S/C8H10BrNO2/c1-2-3-12-8(11)7-4-6(9)5-10-7/h4-5,10H,2-3H2,1H3. The summed E-state index contributed by atoms with van der Waals surface area (Å²) < 4.78 is 5.75. The highest BCUT2D eigenvalue weighted by molar-refractivity contribution is 9.10. The van der Waals surface area contributed by atoms with E-state index in [9.17, 15) is 4.79 Å². The predicted octanol–water partition coefficient (Wildman–Crippen LogP) is 2.34. The van der Waals surface area contributed by atoms with Gasteiger partial charge in [-0.15, -0.1) is 0 Å². The van der Waals surface area contributed by atoms with Gasteiger partial charge in [0.15, 0.2) is 0 Å². The molecule has 0 aliphatic carbocycles. The van der Waals surface area contributed by atoms with E-state index in [1.54, 1.807) is 12.3 Å². The highest BCUT2D eigenvalue weighted by Gasteiger charge is 2.07. The fourth-order valence-electron chi connectivity index (χ4n) is 0.758. The van der Waals surface area contributed by atoms with Crippen LogP contribution in [0.5, 0.6) is 0 Å². The van der Waals surface area contributed by atoms with Crippen molar-refractivity contribution in [3.05, 3.63) is 22.4 Å². The maximum atomic E-state index is 11.1. The largest absolute Gasteiger partial charge is 0.461 e. The van der Waals surface area contributed by atoms with Gasteiger partial charge in [0.25, 0.3) is 0 Å². The third-order valence-corrected chi connectivity index (χ3v) is 1.76. The van der Waals surface area contributed by atoms with Crippen molar-refractivity contribution in [3.63, 3.8) is 0 Å². The van der Waals surface area contributed by atoms with Crippen molar-refractivity contribution >= 4 is 21.9 Å². The number of hydrogen-bond donors (Lipinski definition) is 1. The average molecular weight is 232 g/mol. The zero-order valence-electron chi connectivity index (χ0n) is 6.76. The van der Waals surface area contributed by atoms with Crippen molar-refractivity contribution in [1.82, 2.24) is 4.98 Å². The van der Waals surface area contributed by atoms with Crippen LogP contribution in [0.3, 0.4) is 0 Å². The molecule has 0 bridgehead atoms. The molecule has 1 N–H and O–H groups in total. The number of nitrogens with one attached hydrogen (secondary N) is 1. The van der Waals surface area contributed by atoms with Crippen molar-refractivity contribution in [3.8, 4) is 0 Å². The molecule has 0 saturated heterocycles. The van der Waals surface area contributed by atoms with Crippen LogP contribution >= 0.6 is 15.9 Å². The van der Waals surface area contributed by atoms with Gasteiger partial charge < -0.3 is 9.72 Å². The molecule has 0 radical (unpaired) electrons. The van der Waals surface area contributed by atoms with Gasteiger partial charge in [-0.05, 0) is 28.4 Å². The Kier molecular flexibility index (Phi) is 3.34. The molecule has 12 heavy (non-hydrogen) atoms. The van der Waals surface area contributed by atoms with Gasteiger partial charge in [-0.3, -0.25) is 0 Å². The molecule has 4 heteroatoms. The lowest BCUT2D eigenvalue weighted by atomic mass is 10.4. The maximum Gasteiger partial charge on any atom is 0.354 e. The Labute approximate surface area is 79.2 Å². The first-order chi connectivity index (χ1) is 5.74. The van der Waals surface area contributed by atoms with E-state index in [0.717, 1.165) is 10.9 Å². The zero-order chi connectivity index (χ0) is 8.97. The van der Waals surface area contributed by atoms with Crippen LogP contribution in [0.2, 0.25) is 0 Å². The van der Waals surface area contributed by atoms with Crippen LogP contribution in [0.1, 0.15) is 23.8 Å². The molecular weight excluding hydrogens is 222 g/mol. The minimum atomic E-state index is -0.303. The van der Waals surface area contributed by atoms with Crippen LogP contribution < -0.4 is 0 Å². The number of carbonyl (C=O) groups is 1. The second kappa shape index (κ2) is 4.30. The van der Waals surface area contributed by atoms with Crippen LogP contribution in [0.4, 0.5) is 0 Å². The first-order valence-corrected chi connectivity index (χ1v) is 4.54. The number of hydrogen-bond acceptors (Lipinski definition) is 2. The molecule has 0 aliphatic heterocycles. The summed E-state index contributed by atoms with van der Waals surface area (Å²) in [6.07, 6.45) is 2.54. The van der Waals surface area contributed by atoms with Gasteiger partial charge in [0.05, 0.1) is 6.61 Å². The molecule has 1 aromatic rings. The molecule has 0 unspecified atom stereocenters. The Hall–Kier alpha value is -0.770. The Morgan fingerprint density at radius 3 is 3.00 bits per heavy atom. The predicted molar refractivity (Wildman–Crippen MR) is 49.1 cm³/mol. The van der Waals surface area contributed by atoms with E-state index in [2.05, 4.69) is 20.9 Å². The first-order valence-electron chi connectivity index (χ1n) is 3.75. The minimum absolute atomic E-state index is 0.303. The second-order valence-electron chi connectivity index (χ2n) is 2.37. The molecule has 0 aromatic carbocycles. The normalized spacial score (nSPS) is 9.83. The Balaban J connectivity index is 2.53. The fourth-order valence-corrected chi connectivity index (χ4v) is 1.10. The molecule has 1 rings (SSSR count). The van der Waals surface area contributed by atoms with Crippen LogP contribution in [-0.4, -0.2) is 17.6 Å². The highest BCUT2D eigenvalue weighted by Crippen LogP contribution is 2.11. The van der Waals surface area contributed by atoms with Crippen molar-refractivity contribution < 1.29 is 9.53 Å². The third kappa shape index (κ3) is 2.37.